The Morgan fingerprint density at radius 3 is 2.06 bits per heavy atom. The summed E-state index contributed by atoms with van der Waals surface area (Å²) in [6, 6.07) is 2.68. The van der Waals surface area contributed by atoms with Crippen LogP contribution in [0.2, 0.25) is 0 Å². The molecule has 1 heteroatoms. The number of rotatable bonds is 5. The van der Waals surface area contributed by atoms with E-state index in [1.807, 2.05) is 0 Å². The molecule has 1 saturated carbocycles. The summed E-state index contributed by atoms with van der Waals surface area (Å²) in [7, 11) is 0. The molecule has 0 saturated heterocycles. The van der Waals surface area contributed by atoms with Crippen molar-refractivity contribution in [2.75, 3.05) is 0 Å². The van der Waals surface area contributed by atoms with Crippen molar-refractivity contribution in [1.82, 2.24) is 0 Å². The van der Waals surface area contributed by atoms with Gasteiger partial charge in [0.1, 0.15) is 0 Å². The van der Waals surface area contributed by atoms with Gasteiger partial charge in [-0.15, -0.1) is 0 Å². The van der Waals surface area contributed by atoms with E-state index in [1.165, 1.54) is 25.7 Å². The maximum absolute atomic E-state index is 9.56. The van der Waals surface area contributed by atoms with E-state index in [2.05, 4.69) is 33.8 Å². The highest BCUT2D eigenvalue weighted by molar-refractivity contribution is 5.02. The molecule has 0 spiro atoms. The molecule has 0 aliphatic heterocycles. The average Bonchev–Trinajstić information content (AvgIpc) is 2.36. The molecule has 0 amide bonds. The van der Waals surface area contributed by atoms with E-state index in [0.717, 1.165) is 37.0 Å². The first-order chi connectivity index (χ1) is 8.06. The Balaban J connectivity index is 2.58. The van der Waals surface area contributed by atoms with E-state index in [0.29, 0.717) is 0 Å². The Hall–Kier alpha value is -0.510. The van der Waals surface area contributed by atoms with Crippen LogP contribution in [0.15, 0.2) is 0 Å². The molecule has 0 N–H and O–H groups in total. The fourth-order valence-corrected chi connectivity index (χ4v) is 3.35. The van der Waals surface area contributed by atoms with Crippen molar-refractivity contribution in [3.05, 3.63) is 0 Å². The highest BCUT2D eigenvalue weighted by Gasteiger charge is 2.37. The first-order valence-electron chi connectivity index (χ1n) is 7.48. The van der Waals surface area contributed by atoms with Gasteiger partial charge in [0.15, 0.2) is 0 Å². The lowest BCUT2D eigenvalue weighted by atomic mass is 9.65. The largest absolute Gasteiger partial charge is 0.198 e. The summed E-state index contributed by atoms with van der Waals surface area (Å²) in [5, 5.41) is 9.56. The van der Waals surface area contributed by atoms with Crippen LogP contribution in [0.5, 0.6) is 0 Å². The third kappa shape index (κ3) is 3.73. The second-order valence-electron chi connectivity index (χ2n) is 6.36. The quantitative estimate of drug-likeness (QED) is 0.645. The van der Waals surface area contributed by atoms with Gasteiger partial charge < -0.3 is 0 Å². The zero-order chi connectivity index (χ0) is 12.9. The van der Waals surface area contributed by atoms with Crippen LogP contribution in [0.3, 0.4) is 0 Å². The smallest absolute Gasteiger partial charge is 0.0689 e. The Morgan fingerprint density at radius 2 is 1.71 bits per heavy atom. The minimum atomic E-state index is 0.0159. The molecular weight excluding hydrogens is 206 g/mol. The zero-order valence-electron chi connectivity index (χ0n) is 12.1. The molecule has 0 heterocycles. The van der Waals surface area contributed by atoms with Gasteiger partial charge >= 0.3 is 0 Å². The van der Waals surface area contributed by atoms with Gasteiger partial charge in [-0.2, -0.15) is 5.26 Å². The molecule has 0 aromatic carbocycles. The van der Waals surface area contributed by atoms with E-state index in [1.54, 1.807) is 0 Å². The molecule has 0 bridgehead atoms. The lowest BCUT2D eigenvalue weighted by Gasteiger charge is -2.38. The molecule has 1 fully saturated rings. The Morgan fingerprint density at radius 1 is 1.18 bits per heavy atom. The SMILES string of the molecule is CCC(CC)CC1(C#N)CCC(C(C)C)CC1. The van der Waals surface area contributed by atoms with Crippen LogP contribution < -0.4 is 0 Å². The van der Waals surface area contributed by atoms with Gasteiger partial charge in [-0.1, -0.05) is 40.5 Å². The number of nitriles is 1. The lowest BCUT2D eigenvalue weighted by Crippen LogP contribution is -2.30. The summed E-state index contributed by atoms with van der Waals surface area (Å²) in [5.74, 6) is 2.41. The molecular formula is C16H29N. The van der Waals surface area contributed by atoms with Crippen molar-refractivity contribution < 1.29 is 0 Å². The minimum Gasteiger partial charge on any atom is -0.198 e. The predicted octanol–water partition coefficient (Wildman–Crippen LogP) is 5.17. The van der Waals surface area contributed by atoms with Crippen LogP contribution in [0.1, 0.15) is 72.6 Å². The lowest BCUT2D eigenvalue weighted by molar-refractivity contribution is 0.143. The third-order valence-electron chi connectivity index (χ3n) is 5.00. The Labute approximate surface area is 108 Å². The Bertz CT molecular complexity index is 249. The van der Waals surface area contributed by atoms with E-state index in [9.17, 15) is 5.26 Å². The van der Waals surface area contributed by atoms with Gasteiger partial charge in [-0.3, -0.25) is 0 Å². The summed E-state index contributed by atoms with van der Waals surface area (Å²) in [4.78, 5) is 0. The molecule has 0 unspecified atom stereocenters. The van der Waals surface area contributed by atoms with Crippen molar-refractivity contribution in [2.24, 2.45) is 23.2 Å². The molecule has 0 radical (unpaired) electrons. The third-order valence-corrected chi connectivity index (χ3v) is 5.00. The molecule has 1 nitrogen and oxygen atoms in total. The minimum absolute atomic E-state index is 0.0159. The standard InChI is InChI=1S/C16H29N/c1-5-14(6-2)11-16(12-17)9-7-15(8-10-16)13(3)4/h13-15H,5-11H2,1-4H3. The van der Waals surface area contributed by atoms with Crippen molar-refractivity contribution in [3.63, 3.8) is 0 Å². The first-order valence-corrected chi connectivity index (χ1v) is 7.48. The number of nitrogens with zero attached hydrogens (tertiary/aromatic N) is 1. The highest BCUT2D eigenvalue weighted by atomic mass is 14.4. The van der Waals surface area contributed by atoms with E-state index in [-0.39, 0.29) is 5.41 Å². The van der Waals surface area contributed by atoms with E-state index >= 15 is 0 Å². The summed E-state index contributed by atoms with van der Waals surface area (Å²) < 4.78 is 0. The van der Waals surface area contributed by atoms with Gasteiger partial charge in [-0.25, -0.2) is 0 Å². The van der Waals surface area contributed by atoms with Crippen molar-refractivity contribution in [1.29, 1.82) is 5.26 Å². The van der Waals surface area contributed by atoms with Crippen LogP contribution in [0.4, 0.5) is 0 Å². The molecule has 1 aliphatic carbocycles. The van der Waals surface area contributed by atoms with Gasteiger partial charge in [0.2, 0.25) is 0 Å². The van der Waals surface area contributed by atoms with Crippen LogP contribution in [0.25, 0.3) is 0 Å². The van der Waals surface area contributed by atoms with Crippen molar-refractivity contribution in [3.8, 4) is 6.07 Å². The van der Waals surface area contributed by atoms with Crippen molar-refractivity contribution >= 4 is 0 Å². The van der Waals surface area contributed by atoms with Crippen LogP contribution in [-0.4, -0.2) is 0 Å². The number of hydrogen-bond acceptors (Lipinski definition) is 1. The highest BCUT2D eigenvalue weighted by Crippen LogP contribution is 2.45. The molecule has 1 rings (SSSR count). The normalized spacial score (nSPS) is 29.6. The van der Waals surface area contributed by atoms with Gasteiger partial charge in [0, 0.05) is 0 Å². The van der Waals surface area contributed by atoms with Gasteiger partial charge in [0.25, 0.3) is 0 Å². The Kier molecular flexibility index (Phi) is 5.50. The molecule has 17 heavy (non-hydrogen) atoms. The first kappa shape index (κ1) is 14.6. The number of hydrogen-bond donors (Lipinski definition) is 0. The van der Waals surface area contributed by atoms with Crippen LogP contribution >= 0.6 is 0 Å². The second-order valence-corrected chi connectivity index (χ2v) is 6.36. The molecule has 0 atom stereocenters. The molecule has 0 aromatic rings. The van der Waals surface area contributed by atoms with Crippen LogP contribution in [0, 0.1) is 34.5 Å². The van der Waals surface area contributed by atoms with Crippen LogP contribution in [-0.2, 0) is 0 Å². The van der Waals surface area contributed by atoms with E-state index < -0.39 is 0 Å². The maximum atomic E-state index is 9.56. The topological polar surface area (TPSA) is 23.8 Å². The van der Waals surface area contributed by atoms with E-state index in [4.69, 9.17) is 0 Å². The average molecular weight is 235 g/mol. The summed E-state index contributed by atoms with van der Waals surface area (Å²) in [6.45, 7) is 9.17. The molecule has 1 aliphatic rings. The monoisotopic (exact) mass is 235 g/mol. The predicted molar refractivity (Wildman–Crippen MR) is 73.5 cm³/mol. The molecule has 0 aromatic heterocycles. The summed E-state index contributed by atoms with van der Waals surface area (Å²) >= 11 is 0. The van der Waals surface area contributed by atoms with Crippen molar-refractivity contribution in [2.45, 2.75) is 72.6 Å². The molecule has 98 valence electrons. The summed E-state index contributed by atoms with van der Waals surface area (Å²) in [5.41, 5.74) is 0.0159. The fraction of sp³-hybridized carbons (Fsp3) is 0.938. The zero-order valence-corrected chi connectivity index (χ0v) is 12.1. The van der Waals surface area contributed by atoms with Gasteiger partial charge in [-0.05, 0) is 49.9 Å². The summed E-state index contributed by atoms with van der Waals surface area (Å²) in [6.07, 6.45) is 8.42. The second kappa shape index (κ2) is 6.43. The maximum Gasteiger partial charge on any atom is 0.0689 e. The fourth-order valence-electron chi connectivity index (χ4n) is 3.35. The van der Waals surface area contributed by atoms with Gasteiger partial charge in [0.05, 0.1) is 11.5 Å².